The number of hydrogen-bond donors (Lipinski definition) is 4. The number of rotatable bonds is 3. The Bertz CT molecular complexity index is 789. The van der Waals surface area contributed by atoms with Crippen molar-refractivity contribution in [2.75, 3.05) is 0 Å². The number of para-hydroxylation sites is 2. The van der Waals surface area contributed by atoms with Crippen molar-refractivity contribution in [1.29, 1.82) is 0 Å². The van der Waals surface area contributed by atoms with Crippen LogP contribution >= 0.6 is 0 Å². The number of hydroxylamine groups is 1. The molecule has 8 nitrogen and oxygen atoms in total. The molecule has 0 spiro atoms. The number of nitrogens with zero attached hydrogens (tertiary/aromatic N) is 3. The highest BCUT2D eigenvalue weighted by atomic mass is 16.7. The SMILES string of the molecule is Cc1ccc([N+]2=NOC(O)C2C(=Nc2ccccc2O)NO)cc1. The van der Waals surface area contributed by atoms with Crippen LogP contribution in [0.2, 0.25) is 0 Å². The fraction of sp³-hybridized carbons (Fsp3) is 0.188. The predicted molar refractivity (Wildman–Crippen MR) is 84.5 cm³/mol. The molecule has 1 heterocycles. The van der Waals surface area contributed by atoms with Gasteiger partial charge in [-0.3, -0.25) is 5.21 Å². The van der Waals surface area contributed by atoms with Crippen LogP contribution in [0.4, 0.5) is 11.4 Å². The molecule has 4 N–H and O–H groups in total. The van der Waals surface area contributed by atoms with Crippen LogP contribution in [0.1, 0.15) is 5.56 Å². The van der Waals surface area contributed by atoms with Crippen LogP contribution in [0.25, 0.3) is 0 Å². The van der Waals surface area contributed by atoms with Crippen LogP contribution in [0, 0.1) is 6.92 Å². The van der Waals surface area contributed by atoms with Gasteiger partial charge in [0.15, 0.2) is 5.28 Å². The number of aryl methyl sites for hydroxylation is 1. The first-order chi connectivity index (χ1) is 11.6. The molecular weight excluding hydrogens is 312 g/mol. The van der Waals surface area contributed by atoms with Crippen molar-refractivity contribution in [2.24, 2.45) is 10.3 Å². The molecule has 0 fully saturated rings. The maximum Gasteiger partial charge on any atom is 0.310 e. The third-order valence-electron chi connectivity index (χ3n) is 3.59. The highest BCUT2D eigenvalue weighted by molar-refractivity contribution is 5.89. The normalized spacial score (nSPS) is 20.5. The molecule has 0 bridgehead atoms. The van der Waals surface area contributed by atoms with Gasteiger partial charge in [0.25, 0.3) is 0 Å². The molecule has 0 radical (unpaired) electrons. The lowest BCUT2D eigenvalue weighted by molar-refractivity contribution is -0.530. The van der Waals surface area contributed by atoms with Gasteiger partial charge in [-0.25, -0.2) is 10.5 Å². The molecule has 1 aliphatic rings. The largest absolute Gasteiger partial charge is 0.506 e. The number of phenolic OH excluding ortho intramolecular Hbond substituents is 1. The van der Waals surface area contributed by atoms with Crippen molar-refractivity contribution in [3.05, 3.63) is 54.1 Å². The fourth-order valence-electron chi connectivity index (χ4n) is 2.33. The summed E-state index contributed by atoms with van der Waals surface area (Å²) in [6.07, 6.45) is -1.34. The molecule has 2 aromatic carbocycles. The van der Waals surface area contributed by atoms with Crippen molar-refractivity contribution in [3.8, 4) is 5.75 Å². The van der Waals surface area contributed by atoms with E-state index in [9.17, 15) is 15.4 Å². The molecule has 3 rings (SSSR count). The van der Waals surface area contributed by atoms with E-state index in [1.54, 1.807) is 18.2 Å². The summed E-state index contributed by atoms with van der Waals surface area (Å²) in [5, 5.41) is 33.2. The molecule has 24 heavy (non-hydrogen) atoms. The van der Waals surface area contributed by atoms with Crippen molar-refractivity contribution in [1.82, 2.24) is 5.48 Å². The van der Waals surface area contributed by atoms with Gasteiger partial charge in [0, 0.05) is 12.1 Å². The van der Waals surface area contributed by atoms with E-state index in [2.05, 4.69) is 10.3 Å². The Morgan fingerprint density at radius 1 is 1.21 bits per heavy atom. The lowest BCUT2D eigenvalue weighted by Crippen LogP contribution is -2.44. The Morgan fingerprint density at radius 3 is 2.58 bits per heavy atom. The first-order valence-electron chi connectivity index (χ1n) is 7.27. The lowest BCUT2D eigenvalue weighted by atomic mass is 10.2. The molecule has 0 amide bonds. The second-order valence-electron chi connectivity index (χ2n) is 5.30. The summed E-state index contributed by atoms with van der Waals surface area (Å²) in [4.78, 5) is 9.09. The number of aliphatic hydroxyl groups excluding tert-OH is 1. The van der Waals surface area contributed by atoms with E-state index in [4.69, 9.17) is 4.84 Å². The molecular formula is C16H17N4O4+. The van der Waals surface area contributed by atoms with Crippen molar-refractivity contribution >= 4 is 17.2 Å². The Hall–Kier alpha value is -2.97. The number of benzene rings is 2. The molecule has 2 atom stereocenters. The van der Waals surface area contributed by atoms with E-state index in [1.165, 1.54) is 10.8 Å². The molecule has 0 aliphatic carbocycles. The highest BCUT2D eigenvalue weighted by Gasteiger charge is 2.46. The number of phenols is 1. The summed E-state index contributed by atoms with van der Waals surface area (Å²) in [7, 11) is 0. The number of aliphatic imine (C=N–C) groups is 1. The lowest BCUT2D eigenvalue weighted by Gasteiger charge is -2.11. The van der Waals surface area contributed by atoms with Crippen LogP contribution in [0.15, 0.2) is 58.8 Å². The van der Waals surface area contributed by atoms with Gasteiger partial charge in [0.1, 0.15) is 11.4 Å². The van der Waals surface area contributed by atoms with Crippen LogP contribution in [-0.2, 0) is 4.84 Å². The highest BCUT2D eigenvalue weighted by Crippen LogP contribution is 2.28. The molecule has 0 saturated carbocycles. The summed E-state index contributed by atoms with van der Waals surface area (Å²) in [6, 6.07) is 12.9. The summed E-state index contributed by atoms with van der Waals surface area (Å²) in [5.74, 6) is -0.0803. The molecule has 1 aliphatic heterocycles. The van der Waals surface area contributed by atoms with Crippen LogP contribution in [0.3, 0.4) is 0 Å². The average Bonchev–Trinajstić information content (AvgIpc) is 2.96. The van der Waals surface area contributed by atoms with E-state index >= 15 is 0 Å². The number of amidine groups is 1. The second kappa shape index (κ2) is 6.65. The van der Waals surface area contributed by atoms with Gasteiger partial charge < -0.3 is 15.1 Å². The van der Waals surface area contributed by atoms with Crippen LogP contribution < -0.4 is 5.48 Å². The maximum atomic E-state index is 10.1. The maximum absolute atomic E-state index is 10.1. The minimum atomic E-state index is -1.34. The third kappa shape index (κ3) is 3.05. The van der Waals surface area contributed by atoms with Gasteiger partial charge in [0.05, 0.1) is 0 Å². The van der Waals surface area contributed by atoms with Crippen molar-refractivity contribution < 1.29 is 25.0 Å². The fourth-order valence-corrected chi connectivity index (χ4v) is 2.33. The van der Waals surface area contributed by atoms with E-state index in [0.717, 1.165) is 5.56 Å². The summed E-state index contributed by atoms with van der Waals surface area (Å²) >= 11 is 0. The van der Waals surface area contributed by atoms with Crippen molar-refractivity contribution in [3.63, 3.8) is 0 Å². The van der Waals surface area contributed by atoms with E-state index in [1.807, 2.05) is 36.7 Å². The summed E-state index contributed by atoms with van der Waals surface area (Å²) in [6.45, 7) is 1.95. The Morgan fingerprint density at radius 2 is 1.92 bits per heavy atom. The zero-order valence-electron chi connectivity index (χ0n) is 12.9. The van der Waals surface area contributed by atoms with Gasteiger partial charge in [-0.1, -0.05) is 29.8 Å². The quantitative estimate of drug-likeness (QED) is 0.298. The van der Waals surface area contributed by atoms with Crippen molar-refractivity contribution in [2.45, 2.75) is 19.3 Å². The minimum Gasteiger partial charge on any atom is -0.506 e. The monoisotopic (exact) mass is 329 g/mol. The van der Waals surface area contributed by atoms with Crippen LogP contribution in [0.5, 0.6) is 5.75 Å². The molecule has 0 aromatic heterocycles. The third-order valence-corrected chi connectivity index (χ3v) is 3.59. The Balaban J connectivity index is 1.99. The van der Waals surface area contributed by atoms with Gasteiger partial charge in [0.2, 0.25) is 11.5 Å². The standard InChI is InChI=1S/C16H16N4O4/c1-10-6-8-11(9-7-10)20-14(16(22)24-19-20)15(18-23)17-12-4-2-3-5-13(12)21/h2-9,14,16,19,22H,1H3,(H,21,23)/p+1. The first kappa shape index (κ1) is 15.9. The van der Waals surface area contributed by atoms with E-state index < -0.39 is 12.3 Å². The summed E-state index contributed by atoms with van der Waals surface area (Å²) in [5.41, 5.74) is 3.92. The second-order valence-corrected chi connectivity index (χ2v) is 5.30. The molecule has 2 aromatic rings. The van der Waals surface area contributed by atoms with E-state index in [0.29, 0.717) is 5.69 Å². The van der Waals surface area contributed by atoms with Gasteiger partial charge in [-0.15, -0.1) is 0 Å². The molecule has 8 heteroatoms. The zero-order valence-corrected chi connectivity index (χ0v) is 12.9. The number of aromatic hydroxyl groups is 1. The topological polar surface area (TPSA) is 110 Å². The predicted octanol–water partition coefficient (Wildman–Crippen LogP) is 2.14. The van der Waals surface area contributed by atoms with Gasteiger partial charge in [-0.05, 0) is 23.8 Å². The van der Waals surface area contributed by atoms with Crippen LogP contribution in [-0.4, -0.2) is 38.3 Å². The zero-order chi connectivity index (χ0) is 17.1. The number of hydrogen-bond acceptors (Lipinski definition) is 6. The molecule has 124 valence electrons. The Labute approximate surface area is 137 Å². The summed E-state index contributed by atoms with van der Waals surface area (Å²) < 4.78 is 1.39. The smallest absolute Gasteiger partial charge is 0.310 e. The minimum absolute atomic E-state index is 0.0224. The number of nitrogens with one attached hydrogen (secondary N) is 1. The number of aliphatic hydroxyl groups is 1. The van der Waals surface area contributed by atoms with E-state index in [-0.39, 0.29) is 17.3 Å². The van der Waals surface area contributed by atoms with Gasteiger partial charge in [-0.2, -0.15) is 0 Å². The van der Waals surface area contributed by atoms with Gasteiger partial charge >= 0.3 is 12.3 Å². The molecule has 0 saturated heterocycles. The first-order valence-corrected chi connectivity index (χ1v) is 7.27. The molecule has 2 unspecified atom stereocenters. The Kier molecular flexibility index (Phi) is 4.41. The average molecular weight is 329 g/mol.